The van der Waals surface area contributed by atoms with Crippen LogP contribution in [0.1, 0.15) is 32.1 Å². The van der Waals surface area contributed by atoms with Gasteiger partial charge in [-0.2, -0.15) is 22.5 Å². The summed E-state index contributed by atoms with van der Waals surface area (Å²) in [5, 5.41) is 3.98. The van der Waals surface area contributed by atoms with Crippen molar-refractivity contribution in [3.8, 4) is 0 Å². The van der Waals surface area contributed by atoms with E-state index in [0.29, 0.717) is 18.2 Å². The number of hydrogen-bond acceptors (Lipinski definition) is 4. The van der Waals surface area contributed by atoms with Crippen LogP contribution in [0.15, 0.2) is 6.33 Å². The first kappa shape index (κ1) is 15.1. The first-order valence-corrected chi connectivity index (χ1v) is 7.21. The fourth-order valence-electron chi connectivity index (χ4n) is 1.58. The number of aromatic nitrogens is 3. The van der Waals surface area contributed by atoms with Crippen LogP contribution < -0.4 is 4.72 Å². The van der Waals surface area contributed by atoms with Gasteiger partial charge >= 0.3 is 0 Å². The molecule has 8 heteroatoms. The van der Waals surface area contributed by atoms with E-state index in [0.717, 1.165) is 4.31 Å². The van der Waals surface area contributed by atoms with E-state index < -0.39 is 10.2 Å². The van der Waals surface area contributed by atoms with Crippen LogP contribution in [-0.4, -0.2) is 41.6 Å². The van der Waals surface area contributed by atoms with Gasteiger partial charge in [0.05, 0.1) is 6.04 Å². The predicted molar refractivity (Wildman–Crippen MR) is 68.9 cm³/mol. The molecule has 1 heterocycles. The third-order valence-electron chi connectivity index (χ3n) is 2.54. The quantitative estimate of drug-likeness (QED) is 0.809. The summed E-state index contributed by atoms with van der Waals surface area (Å²) in [5.41, 5.74) is 0. The Morgan fingerprint density at radius 1 is 1.44 bits per heavy atom. The molecule has 1 aromatic rings. The van der Waals surface area contributed by atoms with Gasteiger partial charge in [-0.15, -0.1) is 0 Å². The van der Waals surface area contributed by atoms with E-state index >= 15 is 0 Å². The highest BCUT2D eigenvalue weighted by Gasteiger charge is 2.25. The van der Waals surface area contributed by atoms with Crippen molar-refractivity contribution in [1.29, 1.82) is 0 Å². The molecule has 0 radical (unpaired) electrons. The molecule has 0 spiro atoms. The minimum Gasteiger partial charge on any atom is -0.252 e. The normalized spacial score (nSPS) is 14.4. The van der Waals surface area contributed by atoms with Crippen LogP contribution in [0.4, 0.5) is 0 Å². The Hall–Kier alpha value is -0.990. The largest absolute Gasteiger partial charge is 0.279 e. The molecule has 0 aliphatic carbocycles. The molecule has 1 rings (SSSR count). The van der Waals surface area contributed by atoms with Crippen LogP contribution in [0.5, 0.6) is 0 Å². The summed E-state index contributed by atoms with van der Waals surface area (Å²) in [6.45, 7) is 4.07. The Kier molecular flexibility index (Phi) is 4.83. The molecule has 104 valence electrons. The van der Waals surface area contributed by atoms with E-state index in [9.17, 15) is 8.42 Å². The molecule has 0 bridgehead atoms. The van der Waals surface area contributed by atoms with E-state index in [1.54, 1.807) is 11.7 Å². The Bertz CT molecular complexity index is 480. The number of rotatable bonds is 6. The highest BCUT2D eigenvalue weighted by Crippen LogP contribution is 2.20. The molecule has 1 N–H and O–H groups in total. The second-order valence-corrected chi connectivity index (χ2v) is 6.75. The average molecular weight is 275 g/mol. The third kappa shape index (κ3) is 3.76. The maximum Gasteiger partial charge on any atom is 0.279 e. The lowest BCUT2D eigenvalue weighted by Gasteiger charge is -2.21. The first-order chi connectivity index (χ1) is 8.24. The SMILES string of the molecule is CC(C)C[C@H](NS(=O)(=O)N(C)C)c1ncnn1C. The highest BCUT2D eigenvalue weighted by atomic mass is 32.2. The van der Waals surface area contributed by atoms with Crippen molar-refractivity contribution in [2.75, 3.05) is 14.1 Å². The summed E-state index contributed by atoms with van der Waals surface area (Å²) in [7, 11) is 1.25. The second kappa shape index (κ2) is 5.77. The van der Waals surface area contributed by atoms with E-state index in [-0.39, 0.29) is 6.04 Å². The van der Waals surface area contributed by atoms with E-state index in [4.69, 9.17) is 0 Å². The molecule has 0 amide bonds. The summed E-state index contributed by atoms with van der Waals surface area (Å²) in [4.78, 5) is 4.12. The lowest BCUT2D eigenvalue weighted by molar-refractivity contribution is 0.426. The predicted octanol–water partition coefficient (Wildman–Crippen LogP) is 0.298. The number of nitrogens with one attached hydrogen (secondary N) is 1. The van der Waals surface area contributed by atoms with Gasteiger partial charge < -0.3 is 0 Å². The molecule has 1 atom stereocenters. The molecule has 0 unspecified atom stereocenters. The van der Waals surface area contributed by atoms with Gasteiger partial charge in [0.2, 0.25) is 0 Å². The Balaban J connectivity index is 2.98. The fourth-order valence-corrected chi connectivity index (χ4v) is 2.36. The maximum absolute atomic E-state index is 11.9. The van der Waals surface area contributed by atoms with Crippen LogP contribution in [0.25, 0.3) is 0 Å². The molecule has 0 saturated carbocycles. The topological polar surface area (TPSA) is 80.1 Å². The Morgan fingerprint density at radius 3 is 2.44 bits per heavy atom. The Labute approximate surface area is 108 Å². The van der Waals surface area contributed by atoms with Crippen molar-refractivity contribution in [2.24, 2.45) is 13.0 Å². The van der Waals surface area contributed by atoms with Crippen LogP contribution in [-0.2, 0) is 17.3 Å². The lowest BCUT2D eigenvalue weighted by Crippen LogP contribution is -2.39. The molecular weight excluding hydrogens is 254 g/mol. The van der Waals surface area contributed by atoms with Crippen LogP contribution in [0.2, 0.25) is 0 Å². The van der Waals surface area contributed by atoms with Gasteiger partial charge in [-0.1, -0.05) is 13.8 Å². The van der Waals surface area contributed by atoms with Gasteiger partial charge in [-0.25, -0.2) is 4.98 Å². The molecule has 0 aliphatic rings. The molecule has 0 aliphatic heterocycles. The van der Waals surface area contributed by atoms with E-state index in [1.807, 2.05) is 13.8 Å². The van der Waals surface area contributed by atoms with Crippen molar-refractivity contribution >= 4 is 10.2 Å². The van der Waals surface area contributed by atoms with Gasteiger partial charge in [0, 0.05) is 21.1 Å². The van der Waals surface area contributed by atoms with Gasteiger partial charge in [-0.05, 0) is 12.3 Å². The van der Waals surface area contributed by atoms with Gasteiger partial charge in [0.15, 0.2) is 0 Å². The maximum atomic E-state index is 11.9. The summed E-state index contributed by atoms with van der Waals surface area (Å²) in [6.07, 6.45) is 2.09. The van der Waals surface area contributed by atoms with Crippen molar-refractivity contribution in [1.82, 2.24) is 23.8 Å². The lowest BCUT2D eigenvalue weighted by atomic mass is 10.0. The smallest absolute Gasteiger partial charge is 0.252 e. The van der Waals surface area contributed by atoms with Gasteiger partial charge in [0.1, 0.15) is 12.2 Å². The zero-order valence-corrected chi connectivity index (χ0v) is 12.3. The summed E-state index contributed by atoms with van der Waals surface area (Å²) < 4.78 is 29.2. The summed E-state index contributed by atoms with van der Waals surface area (Å²) in [6, 6.07) is -0.370. The van der Waals surface area contributed by atoms with Crippen molar-refractivity contribution < 1.29 is 8.42 Å². The zero-order chi connectivity index (χ0) is 13.9. The number of hydrogen-bond donors (Lipinski definition) is 1. The average Bonchev–Trinajstić information content (AvgIpc) is 2.62. The molecular formula is C10H21N5O2S. The number of aryl methyl sites for hydroxylation is 1. The molecule has 0 saturated heterocycles. The van der Waals surface area contributed by atoms with E-state index in [1.165, 1.54) is 20.4 Å². The standard InChI is InChI=1S/C10H21N5O2S/c1-8(2)6-9(10-11-7-12-15(10)5)13-18(16,17)14(3)4/h7-9,13H,6H2,1-5H3/t9-/m0/s1. The first-order valence-electron chi connectivity index (χ1n) is 5.77. The van der Waals surface area contributed by atoms with Crippen LogP contribution >= 0.6 is 0 Å². The second-order valence-electron chi connectivity index (χ2n) is 4.83. The summed E-state index contributed by atoms with van der Waals surface area (Å²) >= 11 is 0. The molecule has 0 aromatic carbocycles. The Morgan fingerprint density at radius 2 is 2.06 bits per heavy atom. The van der Waals surface area contributed by atoms with Crippen LogP contribution in [0.3, 0.4) is 0 Å². The van der Waals surface area contributed by atoms with Gasteiger partial charge in [-0.3, -0.25) is 4.68 Å². The monoisotopic (exact) mass is 275 g/mol. The highest BCUT2D eigenvalue weighted by molar-refractivity contribution is 7.87. The number of nitrogens with zero attached hydrogens (tertiary/aromatic N) is 4. The van der Waals surface area contributed by atoms with Gasteiger partial charge in [0.25, 0.3) is 10.2 Å². The summed E-state index contributed by atoms with van der Waals surface area (Å²) in [5.74, 6) is 0.964. The zero-order valence-electron chi connectivity index (χ0n) is 11.5. The fraction of sp³-hybridized carbons (Fsp3) is 0.800. The van der Waals surface area contributed by atoms with Crippen molar-refractivity contribution in [2.45, 2.75) is 26.3 Å². The van der Waals surface area contributed by atoms with Crippen molar-refractivity contribution in [3.63, 3.8) is 0 Å². The minimum atomic E-state index is -3.48. The minimum absolute atomic E-state index is 0.344. The molecule has 0 fully saturated rings. The third-order valence-corrected chi connectivity index (χ3v) is 4.08. The van der Waals surface area contributed by atoms with Crippen LogP contribution in [0, 0.1) is 5.92 Å². The molecule has 7 nitrogen and oxygen atoms in total. The molecule has 1 aromatic heterocycles. The molecule has 18 heavy (non-hydrogen) atoms. The van der Waals surface area contributed by atoms with Crippen molar-refractivity contribution in [3.05, 3.63) is 12.2 Å². The van der Waals surface area contributed by atoms with E-state index in [2.05, 4.69) is 14.8 Å².